The molecule has 0 aliphatic heterocycles. The van der Waals surface area contributed by atoms with E-state index in [2.05, 4.69) is 46.4 Å². The van der Waals surface area contributed by atoms with E-state index in [0.717, 1.165) is 28.2 Å². The summed E-state index contributed by atoms with van der Waals surface area (Å²) >= 11 is 0. The average Bonchev–Trinajstić information content (AvgIpc) is 3.13. The normalized spacial score (nSPS) is 11.4. The molecule has 1 aromatic heterocycles. The Morgan fingerprint density at radius 1 is 0.750 bits per heavy atom. The molecular formula is C25H22N2O. The van der Waals surface area contributed by atoms with E-state index >= 15 is 0 Å². The van der Waals surface area contributed by atoms with Crippen LogP contribution < -0.4 is 0 Å². The van der Waals surface area contributed by atoms with Crippen molar-refractivity contribution in [3.8, 4) is 0 Å². The van der Waals surface area contributed by atoms with Gasteiger partial charge in [0.25, 0.3) is 0 Å². The topological polar surface area (TPSA) is 45.8 Å². The summed E-state index contributed by atoms with van der Waals surface area (Å²) in [6, 6.07) is 30.9. The molecule has 0 spiro atoms. The molecule has 1 N–H and O–H groups in total. The van der Waals surface area contributed by atoms with Crippen molar-refractivity contribution in [2.45, 2.75) is 19.3 Å². The summed E-state index contributed by atoms with van der Waals surface area (Å²) in [5.74, 6) is 0.680. The van der Waals surface area contributed by atoms with Crippen LogP contribution >= 0.6 is 0 Å². The summed E-state index contributed by atoms with van der Waals surface area (Å²) in [5.41, 5.74) is 3.86. The maximum Gasteiger partial charge on any atom is 0.180 e. The highest BCUT2D eigenvalue weighted by Crippen LogP contribution is 2.45. The summed E-state index contributed by atoms with van der Waals surface area (Å²) in [6.07, 6.45) is 0. The molecule has 138 valence electrons. The third kappa shape index (κ3) is 2.85. The van der Waals surface area contributed by atoms with Crippen molar-refractivity contribution < 1.29 is 4.79 Å². The molecule has 0 fully saturated rings. The van der Waals surface area contributed by atoms with Gasteiger partial charge in [-0.2, -0.15) is 0 Å². The Labute approximate surface area is 165 Å². The van der Waals surface area contributed by atoms with Crippen LogP contribution in [0.3, 0.4) is 0 Å². The Morgan fingerprint density at radius 2 is 1.14 bits per heavy atom. The van der Waals surface area contributed by atoms with Crippen molar-refractivity contribution in [3.63, 3.8) is 0 Å². The first-order valence-electron chi connectivity index (χ1n) is 9.38. The summed E-state index contributed by atoms with van der Waals surface area (Å²) < 4.78 is 0. The lowest BCUT2D eigenvalue weighted by Crippen LogP contribution is -2.33. The molecule has 4 aromatic rings. The van der Waals surface area contributed by atoms with Crippen LogP contribution in [-0.2, 0) is 5.41 Å². The molecule has 3 aromatic carbocycles. The number of nitrogens with one attached hydrogen (secondary N) is 1. The van der Waals surface area contributed by atoms with Crippen molar-refractivity contribution in [2.75, 3.05) is 0 Å². The fraction of sp³-hybridized carbons (Fsp3) is 0.120. The van der Waals surface area contributed by atoms with Crippen molar-refractivity contribution in [2.24, 2.45) is 0 Å². The molecule has 0 amide bonds. The minimum Gasteiger partial charge on any atom is -0.344 e. The van der Waals surface area contributed by atoms with Gasteiger partial charge in [-0.05, 0) is 23.6 Å². The Kier molecular flexibility index (Phi) is 4.66. The van der Waals surface area contributed by atoms with Gasteiger partial charge >= 0.3 is 0 Å². The number of aromatic nitrogens is 2. The number of hydrogen-bond donors (Lipinski definition) is 1. The molecule has 0 aliphatic carbocycles. The Hall–Kier alpha value is -3.46. The Bertz CT molecular complexity index is 987. The number of carbonyl (C=O) groups is 1. The molecule has 0 unspecified atom stereocenters. The largest absolute Gasteiger partial charge is 0.344 e. The average molecular weight is 366 g/mol. The van der Waals surface area contributed by atoms with Crippen LogP contribution in [0.1, 0.15) is 45.6 Å². The van der Waals surface area contributed by atoms with Crippen LogP contribution in [0.25, 0.3) is 0 Å². The fourth-order valence-corrected chi connectivity index (χ4v) is 4.02. The molecule has 0 bridgehead atoms. The van der Waals surface area contributed by atoms with E-state index in [4.69, 9.17) is 0 Å². The second-order valence-electron chi connectivity index (χ2n) is 6.95. The number of aromatic amines is 1. The lowest BCUT2D eigenvalue weighted by Gasteiger charge is -2.35. The van der Waals surface area contributed by atoms with Crippen LogP contribution in [0, 0.1) is 6.92 Å². The molecular weight excluding hydrogens is 344 g/mol. The number of hydrogen-bond acceptors (Lipinski definition) is 2. The predicted octanol–water partition coefficient (Wildman–Crippen LogP) is 5.30. The highest BCUT2D eigenvalue weighted by atomic mass is 16.1. The number of H-pyrrole nitrogens is 1. The van der Waals surface area contributed by atoms with Crippen LogP contribution in [0.4, 0.5) is 0 Å². The summed E-state index contributed by atoms with van der Waals surface area (Å²) in [7, 11) is 0. The van der Waals surface area contributed by atoms with E-state index in [1.165, 1.54) is 0 Å². The zero-order chi connectivity index (χ0) is 19.6. The first-order valence-corrected chi connectivity index (χ1v) is 9.38. The monoisotopic (exact) mass is 366 g/mol. The summed E-state index contributed by atoms with van der Waals surface area (Å²) in [5, 5.41) is 0. The maximum atomic E-state index is 12.5. The molecule has 0 saturated carbocycles. The van der Waals surface area contributed by atoms with Crippen LogP contribution in [0.5, 0.6) is 0 Å². The Morgan fingerprint density at radius 3 is 1.50 bits per heavy atom. The van der Waals surface area contributed by atoms with Crippen LogP contribution in [-0.4, -0.2) is 15.8 Å². The molecule has 4 rings (SSSR count). The number of aryl methyl sites for hydroxylation is 1. The molecule has 1 heterocycles. The van der Waals surface area contributed by atoms with Gasteiger partial charge in [0.1, 0.15) is 11.5 Å². The number of rotatable bonds is 5. The summed E-state index contributed by atoms with van der Waals surface area (Å²) in [4.78, 5) is 20.5. The van der Waals surface area contributed by atoms with Gasteiger partial charge in [0.15, 0.2) is 5.78 Å². The number of imidazole rings is 1. The van der Waals surface area contributed by atoms with Crippen molar-refractivity contribution in [1.82, 2.24) is 9.97 Å². The number of ketones is 1. The van der Waals surface area contributed by atoms with Gasteiger partial charge < -0.3 is 4.98 Å². The van der Waals surface area contributed by atoms with E-state index in [0.29, 0.717) is 5.69 Å². The molecule has 3 heteroatoms. The highest BCUT2D eigenvalue weighted by molar-refractivity contribution is 5.94. The van der Waals surface area contributed by atoms with Crippen LogP contribution in [0.15, 0.2) is 91.0 Å². The molecule has 0 aliphatic rings. The maximum absolute atomic E-state index is 12.5. The highest BCUT2D eigenvalue weighted by Gasteiger charge is 2.42. The van der Waals surface area contributed by atoms with Crippen molar-refractivity contribution >= 4 is 5.78 Å². The fourth-order valence-electron chi connectivity index (χ4n) is 4.02. The second kappa shape index (κ2) is 7.28. The first kappa shape index (κ1) is 17.9. The third-order valence-corrected chi connectivity index (χ3v) is 5.15. The smallest absolute Gasteiger partial charge is 0.180 e. The predicted molar refractivity (Wildman–Crippen MR) is 112 cm³/mol. The SMILES string of the molecule is CC(=O)c1nc(C)[nH]c1C(c1ccccc1)(c1ccccc1)c1ccccc1. The number of nitrogens with zero attached hydrogens (tertiary/aromatic N) is 1. The molecule has 3 nitrogen and oxygen atoms in total. The van der Waals surface area contributed by atoms with Crippen molar-refractivity contribution in [1.29, 1.82) is 0 Å². The van der Waals surface area contributed by atoms with Gasteiger partial charge in [-0.1, -0.05) is 91.0 Å². The Balaban J connectivity index is 2.19. The minimum absolute atomic E-state index is 0.0495. The molecule has 0 saturated heterocycles. The van der Waals surface area contributed by atoms with E-state index in [1.807, 2.05) is 61.5 Å². The van der Waals surface area contributed by atoms with E-state index < -0.39 is 5.41 Å². The number of carbonyl (C=O) groups excluding carboxylic acids is 1. The first-order chi connectivity index (χ1) is 13.6. The van der Waals surface area contributed by atoms with E-state index in [1.54, 1.807) is 6.92 Å². The molecule has 0 atom stereocenters. The van der Waals surface area contributed by atoms with Crippen LogP contribution in [0.2, 0.25) is 0 Å². The number of Topliss-reactive ketones (excluding diaryl/α,β-unsaturated/α-hetero) is 1. The standard InChI is InChI=1S/C25H22N2O/c1-18(28)23-24(27-19(2)26-23)25(20-12-6-3-7-13-20,21-14-8-4-9-15-21)22-16-10-5-11-17-22/h3-17H,1-2H3,(H,26,27). The van der Waals surface area contributed by atoms with E-state index in [-0.39, 0.29) is 5.78 Å². The zero-order valence-corrected chi connectivity index (χ0v) is 16.0. The van der Waals surface area contributed by atoms with Crippen molar-refractivity contribution in [3.05, 3.63) is 125 Å². The lowest BCUT2D eigenvalue weighted by molar-refractivity contribution is 0.101. The third-order valence-electron chi connectivity index (χ3n) is 5.15. The second-order valence-corrected chi connectivity index (χ2v) is 6.95. The van der Waals surface area contributed by atoms with Gasteiger partial charge in [-0.3, -0.25) is 4.79 Å². The minimum atomic E-state index is -0.675. The summed E-state index contributed by atoms with van der Waals surface area (Å²) in [6.45, 7) is 3.46. The lowest BCUT2D eigenvalue weighted by atomic mass is 9.66. The van der Waals surface area contributed by atoms with E-state index in [9.17, 15) is 4.79 Å². The quantitative estimate of drug-likeness (QED) is 0.385. The zero-order valence-electron chi connectivity index (χ0n) is 16.0. The van der Waals surface area contributed by atoms with Gasteiger partial charge in [0, 0.05) is 6.92 Å². The molecule has 0 radical (unpaired) electrons. The van der Waals surface area contributed by atoms with Gasteiger partial charge in [-0.25, -0.2) is 4.98 Å². The van der Waals surface area contributed by atoms with Gasteiger partial charge in [-0.15, -0.1) is 0 Å². The van der Waals surface area contributed by atoms with Gasteiger partial charge in [0.2, 0.25) is 0 Å². The number of benzene rings is 3. The van der Waals surface area contributed by atoms with Gasteiger partial charge in [0.05, 0.1) is 11.1 Å². The molecule has 28 heavy (non-hydrogen) atoms.